The molecule has 6 aliphatic rings. The van der Waals surface area contributed by atoms with Crippen LogP contribution in [0.1, 0.15) is 108 Å². The number of allylic oxidation sites excluding steroid dienone is 1. The van der Waals surface area contributed by atoms with Crippen LogP contribution in [0.15, 0.2) is 30.4 Å². The molecule has 3 aliphatic heterocycles. The highest BCUT2D eigenvalue weighted by Crippen LogP contribution is 2.49. The molecule has 3 saturated carbocycles. The predicted molar refractivity (Wildman–Crippen MR) is 206 cm³/mol. The highest BCUT2D eigenvalue weighted by Gasteiger charge is 2.64. The minimum absolute atomic E-state index is 0.0177. The number of rotatable bonds is 7. The molecule has 314 valence electrons. The number of carbonyl (C=O) groups excluding carboxylic acids is 4. The number of alkyl carbamates (subject to hydrolysis) is 1. The average molecular weight is 828 g/mol. The molecule has 1 spiro atoms. The standard InChI is InChI=1S/C41H51F2N5O9S/c1-24-33-28(29-20-27(55-37(42)43)14-15-30(29)44-24)16-17-40(57-33)22-32-34(49)46-41(36(51)47-58(53,54)39(2)18-19-39)21-25(41)10-6-4-3-5-7-13-31(35(50)48(32)23-40)45-38(52)56-26-11-8-9-12-26/h6,10,14-15,20,25-26,31-32,37H,3-5,7-9,11-13,16-19,21-23H2,1-2H3,(H,45,52)(H,46,49)(H,47,51). The summed E-state index contributed by atoms with van der Waals surface area (Å²) in [5, 5.41) is 6.30. The molecule has 3 aliphatic carbocycles. The number of hydrogen-bond acceptors (Lipinski definition) is 10. The first-order valence-corrected chi connectivity index (χ1v) is 22.0. The van der Waals surface area contributed by atoms with Crippen LogP contribution in [0.5, 0.6) is 11.5 Å². The number of carbonyl (C=O) groups is 4. The zero-order valence-corrected chi connectivity index (χ0v) is 33.6. The van der Waals surface area contributed by atoms with Gasteiger partial charge < -0.3 is 29.7 Å². The first kappa shape index (κ1) is 40.2. The summed E-state index contributed by atoms with van der Waals surface area (Å²) >= 11 is 0. The molecule has 4 fully saturated rings. The largest absolute Gasteiger partial charge is 0.483 e. The molecule has 14 nitrogen and oxygen atoms in total. The lowest BCUT2D eigenvalue weighted by Gasteiger charge is -2.36. The maximum Gasteiger partial charge on any atom is 0.408 e. The van der Waals surface area contributed by atoms with Crippen LogP contribution < -0.4 is 24.8 Å². The topological polar surface area (TPSA) is 182 Å². The smallest absolute Gasteiger partial charge is 0.408 e. The van der Waals surface area contributed by atoms with E-state index in [0.29, 0.717) is 67.3 Å². The Morgan fingerprint density at radius 1 is 1.05 bits per heavy atom. The molecule has 4 amide bonds. The minimum atomic E-state index is -4.03. The quantitative estimate of drug-likeness (QED) is 0.313. The van der Waals surface area contributed by atoms with Crippen LogP contribution in [0.2, 0.25) is 0 Å². The molecule has 1 aromatic carbocycles. The molecule has 3 N–H and O–H groups in total. The van der Waals surface area contributed by atoms with Gasteiger partial charge in [0.05, 0.1) is 22.5 Å². The lowest BCUT2D eigenvalue weighted by atomic mass is 9.87. The third kappa shape index (κ3) is 7.82. The number of ether oxygens (including phenoxy) is 3. The van der Waals surface area contributed by atoms with E-state index in [0.717, 1.165) is 44.1 Å². The maximum atomic E-state index is 14.8. The molecule has 1 aromatic heterocycles. The summed E-state index contributed by atoms with van der Waals surface area (Å²) in [7, 11) is -4.03. The van der Waals surface area contributed by atoms with Gasteiger partial charge in [-0.25, -0.2) is 18.2 Å². The highest BCUT2D eigenvalue weighted by atomic mass is 32.2. The van der Waals surface area contributed by atoms with Gasteiger partial charge >= 0.3 is 12.7 Å². The Labute approximate surface area is 336 Å². The Kier molecular flexibility index (Phi) is 10.6. The molecule has 17 heteroatoms. The van der Waals surface area contributed by atoms with Crippen LogP contribution in [0.3, 0.4) is 0 Å². The second-order valence-electron chi connectivity index (χ2n) is 17.3. The second kappa shape index (κ2) is 15.2. The lowest BCUT2D eigenvalue weighted by Crippen LogP contribution is -2.58. The van der Waals surface area contributed by atoms with Crippen LogP contribution in [0.4, 0.5) is 13.6 Å². The van der Waals surface area contributed by atoms with E-state index < -0.39 is 74.3 Å². The Morgan fingerprint density at radius 3 is 2.55 bits per heavy atom. The monoisotopic (exact) mass is 827 g/mol. The fourth-order valence-electron chi connectivity index (χ4n) is 9.18. The summed E-state index contributed by atoms with van der Waals surface area (Å²) < 4.78 is 71.1. The summed E-state index contributed by atoms with van der Waals surface area (Å²) in [5.74, 6) is -2.05. The SMILES string of the molecule is Cc1nc2ccc(OC(F)F)cc2c2c1OC1(CC2)CC2C(=O)NC3(C(=O)NS(=O)(=O)C4(C)CC4)CC3C=CCCCCCC(NC(=O)OC3CCCC3)C(=O)N2C1. The van der Waals surface area contributed by atoms with E-state index in [2.05, 4.69) is 25.1 Å². The Morgan fingerprint density at radius 2 is 1.81 bits per heavy atom. The molecule has 0 radical (unpaired) electrons. The highest BCUT2D eigenvalue weighted by molar-refractivity contribution is 7.91. The van der Waals surface area contributed by atoms with E-state index in [1.54, 1.807) is 19.9 Å². The fourth-order valence-corrected chi connectivity index (χ4v) is 10.5. The first-order chi connectivity index (χ1) is 27.6. The number of halogens is 2. The van der Waals surface area contributed by atoms with Crippen molar-refractivity contribution in [3.05, 3.63) is 41.6 Å². The van der Waals surface area contributed by atoms with E-state index in [9.17, 15) is 36.4 Å². The van der Waals surface area contributed by atoms with Gasteiger partial charge in [0.15, 0.2) is 0 Å². The molecule has 1 saturated heterocycles. The predicted octanol–water partition coefficient (Wildman–Crippen LogP) is 5.24. The van der Waals surface area contributed by atoms with Crippen LogP contribution in [-0.2, 0) is 35.6 Å². The molecule has 4 heterocycles. The van der Waals surface area contributed by atoms with Gasteiger partial charge in [0.2, 0.25) is 21.8 Å². The number of aryl methyl sites for hydroxylation is 2. The van der Waals surface area contributed by atoms with Gasteiger partial charge in [0.25, 0.3) is 5.91 Å². The van der Waals surface area contributed by atoms with Crippen LogP contribution >= 0.6 is 0 Å². The Balaban J connectivity index is 1.12. The molecule has 5 atom stereocenters. The molecule has 5 unspecified atom stereocenters. The van der Waals surface area contributed by atoms with Gasteiger partial charge in [0, 0.05) is 23.3 Å². The number of nitrogens with zero attached hydrogens (tertiary/aromatic N) is 2. The number of amides is 4. The number of pyridine rings is 1. The van der Waals surface area contributed by atoms with Crippen molar-refractivity contribution in [2.24, 2.45) is 5.92 Å². The molecule has 0 bridgehead atoms. The number of sulfonamides is 1. The normalized spacial score (nSPS) is 29.7. The van der Waals surface area contributed by atoms with Gasteiger partial charge in [-0.15, -0.1) is 0 Å². The third-order valence-electron chi connectivity index (χ3n) is 13.0. The minimum Gasteiger partial charge on any atom is -0.483 e. The van der Waals surface area contributed by atoms with Crippen molar-refractivity contribution in [1.82, 2.24) is 25.2 Å². The van der Waals surface area contributed by atoms with E-state index in [1.165, 1.54) is 17.0 Å². The van der Waals surface area contributed by atoms with E-state index in [4.69, 9.17) is 9.47 Å². The summed E-state index contributed by atoms with van der Waals surface area (Å²) in [4.78, 5) is 62.8. The van der Waals surface area contributed by atoms with Crippen LogP contribution in [0, 0.1) is 12.8 Å². The van der Waals surface area contributed by atoms with Gasteiger partial charge in [0.1, 0.15) is 40.8 Å². The molecular weight excluding hydrogens is 777 g/mol. The van der Waals surface area contributed by atoms with Gasteiger partial charge in [-0.1, -0.05) is 25.0 Å². The number of benzene rings is 1. The second-order valence-corrected chi connectivity index (χ2v) is 19.5. The third-order valence-corrected chi connectivity index (χ3v) is 15.2. The average Bonchev–Trinajstić information content (AvgIpc) is 3.97. The van der Waals surface area contributed by atoms with Gasteiger partial charge in [-0.05, 0) is 109 Å². The molecular formula is C41H51F2N5O9S. The maximum absolute atomic E-state index is 14.8. The van der Waals surface area contributed by atoms with E-state index >= 15 is 0 Å². The van der Waals surface area contributed by atoms with Crippen LogP contribution in [0.25, 0.3) is 10.9 Å². The molecule has 58 heavy (non-hydrogen) atoms. The van der Waals surface area contributed by atoms with E-state index in [1.807, 2.05) is 12.2 Å². The van der Waals surface area contributed by atoms with Gasteiger partial charge in [-0.3, -0.25) is 19.1 Å². The van der Waals surface area contributed by atoms with Crippen molar-refractivity contribution in [3.8, 4) is 11.5 Å². The van der Waals surface area contributed by atoms with Crippen molar-refractivity contribution in [2.75, 3.05) is 6.54 Å². The summed E-state index contributed by atoms with van der Waals surface area (Å²) in [6.07, 6.45) is 11.1. The Bertz CT molecular complexity index is 2140. The van der Waals surface area contributed by atoms with Crippen LogP contribution in [-0.4, -0.2) is 89.3 Å². The molecule has 8 rings (SSSR count). The number of hydrogen-bond donors (Lipinski definition) is 3. The number of alkyl halides is 2. The van der Waals surface area contributed by atoms with E-state index in [-0.39, 0.29) is 31.2 Å². The summed E-state index contributed by atoms with van der Waals surface area (Å²) in [5.41, 5.74) is -0.830. The van der Waals surface area contributed by atoms with Crippen molar-refractivity contribution < 1.29 is 50.6 Å². The number of fused-ring (bicyclic) bond motifs is 5. The first-order valence-electron chi connectivity index (χ1n) is 20.5. The Hall–Kier alpha value is -4.54. The van der Waals surface area contributed by atoms with Crippen molar-refractivity contribution >= 4 is 44.7 Å². The zero-order chi connectivity index (χ0) is 41.0. The number of aromatic nitrogens is 1. The fraction of sp³-hybridized carbons (Fsp3) is 0.634. The summed E-state index contributed by atoms with van der Waals surface area (Å²) in [6, 6.07) is 2.34. The van der Waals surface area contributed by atoms with Gasteiger partial charge in [-0.2, -0.15) is 8.78 Å². The van der Waals surface area contributed by atoms with Crippen molar-refractivity contribution in [2.45, 2.75) is 151 Å². The summed E-state index contributed by atoms with van der Waals surface area (Å²) in [6.45, 7) is 0.288. The van der Waals surface area contributed by atoms with Crippen molar-refractivity contribution in [3.63, 3.8) is 0 Å². The van der Waals surface area contributed by atoms with Crippen molar-refractivity contribution in [1.29, 1.82) is 0 Å². The number of nitrogens with one attached hydrogen (secondary N) is 3. The zero-order valence-electron chi connectivity index (χ0n) is 32.8. The lowest BCUT2D eigenvalue weighted by molar-refractivity contribution is -0.141. The molecule has 2 aromatic rings.